The zero-order chi connectivity index (χ0) is 13.2. The fraction of sp³-hybridized carbons (Fsp3) is 0.667. The van der Waals surface area contributed by atoms with E-state index in [0.717, 1.165) is 32.5 Å². The first kappa shape index (κ1) is 14.7. The van der Waals surface area contributed by atoms with Gasteiger partial charge < -0.3 is 14.8 Å². The van der Waals surface area contributed by atoms with Crippen LogP contribution >= 0.6 is 0 Å². The van der Waals surface area contributed by atoms with Crippen molar-refractivity contribution in [3.8, 4) is 5.88 Å². The first-order valence-electron chi connectivity index (χ1n) is 6.09. The van der Waals surface area contributed by atoms with Gasteiger partial charge in [0.1, 0.15) is 0 Å². The number of aromatic nitrogens is 2. The van der Waals surface area contributed by atoms with E-state index in [1.807, 2.05) is 0 Å². The van der Waals surface area contributed by atoms with Crippen LogP contribution in [0, 0.1) is 0 Å². The Morgan fingerprint density at radius 3 is 2.83 bits per heavy atom. The molecule has 0 unspecified atom stereocenters. The van der Waals surface area contributed by atoms with E-state index in [-0.39, 0.29) is 5.56 Å². The highest BCUT2D eigenvalue weighted by Crippen LogP contribution is 2.00. The lowest BCUT2D eigenvalue weighted by molar-refractivity contribution is 0.199. The Morgan fingerprint density at radius 2 is 2.11 bits per heavy atom. The molecule has 0 aliphatic heterocycles. The highest BCUT2D eigenvalue weighted by Gasteiger charge is 2.00. The van der Waals surface area contributed by atoms with Gasteiger partial charge in [0, 0.05) is 32.3 Å². The molecule has 6 heteroatoms. The third-order valence-electron chi connectivity index (χ3n) is 2.51. The summed E-state index contributed by atoms with van der Waals surface area (Å²) in [5.41, 5.74) is -0.0943. The molecular weight excluding hydrogens is 234 g/mol. The number of nitrogens with zero attached hydrogens (tertiary/aromatic N) is 2. The SMILES string of the molecule is COCCNCCCCn1nc(OC)ccc1=O. The van der Waals surface area contributed by atoms with Gasteiger partial charge in [0.15, 0.2) is 0 Å². The van der Waals surface area contributed by atoms with Gasteiger partial charge in [-0.1, -0.05) is 0 Å². The van der Waals surface area contributed by atoms with Gasteiger partial charge in [-0.25, -0.2) is 4.68 Å². The molecule has 1 aromatic heterocycles. The van der Waals surface area contributed by atoms with Gasteiger partial charge in [-0.3, -0.25) is 4.79 Å². The largest absolute Gasteiger partial charge is 0.480 e. The van der Waals surface area contributed by atoms with E-state index in [1.165, 1.54) is 17.9 Å². The zero-order valence-corrected chi connectivity index (χ0v) is 11.0. The number of hydrogen-bond donors (Lipinski definition) is 1. The quantitative estimate of drug-likeness (QED) is 0.642. The van der Waals surface area contributed by atoms with Crippen LogP contribution in [0.25, 0.3) is 0 Å². The third kappa shape index (κ3) is 5.29. The number of nitrogens with one attached hydrogen (secondary N) is 1. The fourth-order valence-electron chi connectivity index (χ4n) is 1.51. The van der Waals surface area contributed by atoms with Crippen LogP contribution in [0.4, 0.5) is 0 Å². The Labute approximate surface area is 107 Å². The maximum absolute atomic E-state index is 11.5. The molecule has 0 aromatic carbocycles. The summed E-state index contributed by atoms with van der Waals surface area (Å²) in [5.74, 6) is 0.466. The summed E-state index contributed by atoms with van der Waals surface area (Å²) in [6.07, 6.45) is 1.90. The molecule has 1 N–H and O–H groups in total. The van der Waals surface area contributed by atoms with Gasteiger partial charge in [-0.05, 0) is 19.4 Å². The minimum Gasteiger partial charge on any atom is -0.480 e. The monoisotopic (exact) mass is 255 g/mol. The van der Waals surface area contributed by atoms with Gasteiger partial charge in [0.25, 0.3) is 5.56 Å². The Morgan fingerprint density at radius 1 is 1.28 bits per heavy atom. The van der Waals surface area contributed by atoms with Crippen LogP contribution in [0.15, 0.2) is 16.9 Å². The summed E-state index contributed by atoms with van der Waals surface area (Å²) in [6, 6.07) is 3.05. The van der Waals surface area contributed by atoms with Crippen molar-refractivity contribution in [2.45, 2.75) is 19.4 Å². The van der Waals surface area contributed by atoms with Crippen LogP contribution in [0.2, 0.25) is 0 Å². The number of ether oxygens (including phenoxy) is 2. The topological polar surface area (TPSA) is 65.4 Å². The van der Waals surface area contributed by atoms with Crippen molar-refractivity contribution in [2.24, 2.45) is 0 Å². The minimum atomic E-state index is -0.0943. The minimum absolute atomic E-state index is 0.0943. The van der Waals surface area contributed by atoms with E-state index in [0.29, 0.717) is 12.4 Å². The summed E-state index contributed by atoms with van der Waals surface area (Å²) in [5, 5.41) is 7.33. The lowest BCUT2D eigenvalue weighted by atomic mass is 10.3. The second-order valence-corrected chi connectivity index (χ2v) is 3.89. The molecule has 0 spiro atoms. The molecular formula is C12H21N3O3. The van der Waals surface area contributed by atoms with Crippen LogP contribution in [-0.2, 0) is 11.3 Å². The van der Waals surface area contributed by atoms with Crippen LogP contribution in [0.5, 0.6) is 5.88 Å². The molecule has 1 heterocycles. The van der Waals surface area contributed by atoms with Crippen molar-refractivity contribution in [3.05, 3.63) is 22.5 Å². The molecule has 0 bridgehead atoms. The van der Waals surface area contributed by atoms with Crippen molar-refractivity contribution in [2.75, 3.05) is 33.9 Å². The number of hydrogen-bond acceptors (Lipinski definition) is 5. The summed E-state index contributed by atoms with van der Waals surface area (Å²) in [7, 11) is 3.22. The van der Waals surface area contributed by atoms with E-state index < -0.39 is 0 Å². The standard InChI is InChI=1S/C12H21N3O3/c1-17-10-8-13-7-3-4-9-15-12(16)6-5-11(14-15)18-2/h5-6,13H,3-4,7-10H2,1-2H3. The molecule has 0 saturated heterocycles. The number of rotatable bonds is 9. The van der Waals surface area contributed by atoms with E-state index >= 15 is 0 Å². The highest BCUT2D eigenvalue weighted by atomic mass is 16.5. The van der Waals surface area contributed by atoms with Gasteiger partial charge in [-0.15, -0.1) is 5.10 Å². The molecule has 18 heavy (non-hydrogen) atoms. The molecule has 0 fully saturated rings. The van der Waals surface area contributed by atoms with E-state index in [1.54, 1.807) is 13.2 Å². The van der Waals surface area contributed by atoms with E-state index in [2.05, 4.69) is 10.4 Å². The molecule has 0 amide bonds. The predicted octanol–water partition coefficient (Wildman–Crippen LogP) is 0.268. The smallest absolute Gasteiger partial charge is 0.266 e. The summed E-state index contributed by atoms with van der Waals surface area (Å²) < 4.78 is 11.4. The molecule has 102 valence electrons. The molecule has 1 rings (SSSR count). The highest BCUT2D eigenvalue weighted by molar-refractivity contribution is 5.05. The molecule has 0 atom stereocenters. The van der Waals surface area contributed by atoms with Crippen LogP contribution in [0.3, 0.4) is 0 Å². The van der Waals surface area contributed by atoms with Crippen molar-refractivity contribution in [3.63, 3.8) is 0 Å². The molecule has 1 aromatic rings. The van der Waals surface area contributed by atoms with Gasteiger partial charge in [0.05, 0.1) is 13.7 Å². The average molecular weight is 255 g/mol. The van der Waals surface area contributed by atoms with Gasteiger partial charge in [0.2, 0.25) is 5.88 Å². The number of methoxy groups -OCH3 is 2. The van der Waals surface area contributed by atoms with E-state index in [4.69, 9.17) is 9.47 Å². The first-order valence-corrected chi connectivity index (χ1v) is 6.09. The Kier molecular flexibility index (Phi) is 7.05. The molecule has 0 saturated carbocycles. The van der Waals surface area contributed by atoms with Crippen LogP contribution < -0.4 is 15.6 Å². The Balaban J connectivity index is 2.24. The Bertz CT molecular complexity index is 392. The van der Waals surface area contributed by atoms with Crippen molar-refractivity contribution in [1.29, 1.82) is 0 Å². The lowest BCUT2D eigenvalue weighted by Gasteiger charge is -2.06. The van der Waals surface area contributed by atoms with Crippen molar-refractivity contribution >= 4 is 0 Å². The van der Waals surface area contributed by atoms with Crippen LogP contribution in [-0.4, -0.2) is 43.7 Å². The average Bonchev–Trinajstić information content (AvgIpc) is 2.39. The summed E-state index contributed by atoms with van der Waals surface area (Å²) in [4.78, 5) is 11.5. The number of unbranched alkanes of at least 4 members (excludes halogenated alkanes) is 1. The van der Waals surface area contributed by atoms with Gasteiger partial charge >= 0.3 is 0 Å². The second-order valence-electron chi connectivity index (χ2n) is 3.89. The van der Waals surface area contributed by atoms with Crippen molar-refractivity contribution in [1.82, 2.24) is 15.1 Å². The zero-order valence-electron chi connectivity index (χ0n) is 11.0. The molecule has 0 aliphatic carbocycles. The maximum Gasteiger partial charge on any atom is 0.266 e. The predicted molar refractivity (Wildman–Crippen MR) is 69.0 cm³/mol. The lowest BCUT2D eigenvalue weighted by Crippen LogP contribution is -2.24. The first-order chi connectivity index (χ1) is 8.77. The third-order valence-corrected chi connectivity index (χ3v) is 2.51. The normalized spacial score (nSPS) is 10.6. The summed E-state index contributed by atoms with van der Waals surface area (Å²) >= 11 is 0. The van der Waals surface area contributed by atoms with Crippen LogP contribution in [0.1, 0.15) is 12.8 Å². The second kappa shape index (κ2) is 8.66. The van der Waals surface area contributed by atoms with Crippen molar-refractivity contribution < 1.29 is 9.47 Å². The Hall–Kier alpha value is -1.40. The van der Waals surface area contributed by atoms with Gasteiger partial charge in [-0.2, -0.15) is 0 Å². The molecule has 0 radical (unpaired) electrons. The molecule has 0 aliphatic rings. The summed E-state index contributed by atoms with van der Waals surface area (Å²) in [6.45, 7) is 3.11. The fourth-order valence-corrected chi connectivity index (χ4v) is 1.51. The van der Waals surface area contributed by atoms with E-state index in [9.17, 15) is 4.79 Å². The molecule has 6 nitrogen and oxygen atoms in total. The number of aryl methyl sites for hydroxylation is 1. The maximum atomic E-state index is 11.5.